The van der Waals surface area contributed by atoms with E-state index in [-0.39, 0.29) is 5.02 Å². The van der Waals surface area contributed by atoms with Crippen LogP contribution in [-0.2, 0) is 6.54 Å². The largest absolute Gasteiger partial charge is 0.378 e. The van der Waals surface area contributed by atoms with Gasteiger partial charge < -0.3 is 5.32 Å². The van der Waals surface area contributed by atoms with Crippen LogP contribution in [0.2, 0.25) is 5.02 Å². The van der Waals surface area contributed by atoms with Crippen molar-refractivity contribution in [1.29, 1.82) is 0 Å². The molecule has 0 fully saturated rings. The second-order valence-electron chi connectivity index (χ2n) is 4.27. The minimum absolute atomic E-state index is 0.105. The molecule has 0 spiro atoms. The van der Waals surface area contributed by atoms with Gasteiger partial charge in [-0.2, -0.15) is 5.10 Å². The molecule has 2 heterocycles. The van der Waals surface area contributed by atoms with Gasteiger partial charge in [0.25, 0.3) is 5.56 Å². The Morgan fingerprint density at radius 2 is 2.10 bits per heavy atom. The Kier molecular flexibility index (Phi) is 3.35. The van der Waals surface area contributed by atoms with E-state index < -0.39 is 5.56 Å². The average Bonchev–Trinajstić information content (AvgIpc) is 2.49. The molecule has 100 valence electrons. The number of hydrogen-bond acceptors (Lipinski definition) is 4. The Hall–Kier alpha value is -2.40. The van der Waals surface area contributed by atoms with Crippen LogP contribution in [0.1, 0.15) is 5.56 Å². The molecule has 0 aliphatic carbocycles. The molecule has 0 bridgehead atoms. The van der Waals surface area contributed by atoms with Gasteiger partial charge in [-0.1, -0.05) is 35.9 Å². The SMILES string of the molecule is O=c1[nH]ncc(NCc2cccc3cccnc23)c1Cl. The van der Waals surface area contributed by atoms with E-state index >= 15 is 0 Å². The highest BCUT2D eigenvalue weighted by Crippen LogP contribution is 2.19. The number of halogens is 1. The number of anilines is 1. The van der Waals surface area contributed by atoms with Crippen LogP contribution >= 0.6 is 11.6 Å². The van der Waals surface area contributed by atoms with Crippen LogP contribution < -0.4 is 10.9 Å². The fourth-order valence-electron chi connectivity index (χ4n) is 2.01. The molecule has 3 aromatic rings. The van der Waals surface area contributed by atoms with Crippen LogP contribution in [0.4, 0.5) is 5.69 Å². The second-order valence-corrected chi connectivity index (χ2v) is 4.65. The molecule has 2 N–H and O–H groups in total. The first-order chi connectivity index (χ1) is 9.75. The Bertz CT molecular complexity index is 810. The predicted molar refractivity (Wildman–Crippen MR) is 78.9 cm³/mol. The van der Waals surface area contributed by atoms with Crippen molar-refractivity contribution in [2.75, 3.05) is 5.32 Å². The molecule has 20 heavy (non-hydrogen) atoms. The lowest BCUT2D eigenvalue weighted by molar-refractivity contribution is 0.982. The summed E-state index contributed by atoms with van der Waals surface area (Å²) < 4.78 is 0. The zero-order valence-corrected chi connectivity index (χ0v) is 11.2. The van der Waals surface area contributed by atoms with E-state index in [4.69, 9.17) is 11.6 Å². The zero-order chi connectivity index (χ0) is 13.9. The zero-order valence-electron chi connectivity index (χ0n) is 10.4. The summed E-state index contributed by atoms with van der Waals surface area (Å²) in [7, 11) is 0. The maximum atomic E-state index is 11.4. The topological polar surface area (TPSA) is 70.7 Å². The van der Waals surface area contributed by atoms with Crippen molar-refractivity contribution in [3.8, 4) is 0 Å². The lowest BCUT2D eigenvalue weighted by Crippen LogP contribution is -2.12. The van der Waals surface area contributed by atoms with E-state index in [9.17, 15) is 4.79 Å². The fourth-order valence-corrected chi connectivity index (χ4v) is 2.17. The first-order valence-corrected chi connectivity index (χ1v) is 6.43. The first kappa shape index (κ1) is 12.6. The van der Waals surface area contributed by atoms with Crippen molar-refractivity contribution in [3.63, 3.8) is 0 Å². The van der Waals surface area contributed by atoms with Gasteiger partial charge in [-0.3, -0.25) is 9.78 Å². The molecular formula is C14H11ClN4O. The Balaban J connectivity index is 1.91. The van der Waals surface area contributed by atoms with Crippen LogP contribution in [0.5, 0.6) is 0 Å². The van der Waals surface area contributed by atoms with Gasteiger partial charge in [0.15, 0.2) is 0 Å². The summed E-state index contributed by atoms with van der Waals surface area (Å²) in [6, 6.07) is 9.87. The van der Waals surface area contributed by atoms with E-state index in [2.05, 4.69) is 20.5 Å². The molecule has 0 saturated carbocycles. The van der Waals surface area contributed by atoms with Gasteiger partial charge in [0.2, 0.25) is 0 Å². The summed E-state index contributed by atoms with van der Waals surface area (Å²) in [5, 5.41) is 10.3. The lowest BCUT2D eigenvalue weighted by Gasteiger charge is -2.09. The van der Waals surface area contributed by atoms with Crippen LogP contribution in [0, 0.1) is 0 Å². The number of benzene rings is 1. The van der Waals surface area contributed by atoms with Gasteiger partial charge in [0.05, 0.1) is 17.4 Å². The molecule has 0 unspecified atom stereocenters. The molecule has 2 aromatic heterocycles. The number of H-pyrrole nitrogens is 1. The van der Waals surface area contributed by atoms with Crippen molar-refractivity contribution in [3.05, 3.63) is 63.7 Å². The van der Waals surface area contributed by atoms with E-state index in [1.54, 1.807) is 6.20 Å². The standard InChI is InChI=1S/C14H11ClN4O/c15-12-11(8-18-19-14(12)20)17-7-10-4-1-3-9-5-2-6-16-13(9)10/h1-6,8H,7H2,(H2,17,19,20). The van der Waals surface area contributed by atoms with Crippen molar-refractivity contribution < 1.29 is 0 Å². The first-order valence-electron chi connectivity index (χ1n) is 6.05. The number of nitrogens with one attached hydrogen (secondary N) is 2. The quantitative estimate of drug-likeness (QED) is 0.776. The number of aromatic nitrogens is 3. The minimum Gasteiger partial charge on any atom is -0.378 e. The molecule has 0 aliphatic rings. The highest BCUT2D eigenvalue weighted by atomic mass is 35.5. The smallest absolute Gasteiger partial charge is 0.285 e. The summed E-state index contributed by atoms with van der Waals surface area (Å²) in [5.41, 5.74) is 2.05. The number of hydrogen-bond donors (Lipinski definition) is 2. The number of para-hydroxylation sites is 1. The highest BCUT2D eigenvalue weighted by Gasteiger charge is 2.06. The minimum atomic E-state index is -0.410. The van der Waals surface area contributed by atoms with Gasteiger partial charge in [-0.05, 0) is 11.6 Å². The maximum Gasteiger partial charge on any atom is 0.285 e. The predicted octanol–water partition coefficient (Wildman–Crippen LogP) is 2.58. The highest BCUT2D eigenvalue weighted by molar-refractivity contribution is 6.32. The summed E-state index contributed by atoms with van der Waals surface area (Å²) in [6.45, 7) is 0.513. The third-order valence-electron chi connectivity index (χ3n) is 2.98. The third-order valence-corrected chi connectivity index (χ3v) is 3.36. The van der Waals surface area contributed by atoms with Gasteiger partial charge >= 0.3 is 0 Å². The second kappa shape index (κ2) is 5.30. The number of pyridine rings is 1. The molecule has 3 rings (SSSR count). The van der Waals surface area contributed by atoms with E-state index in [0.29, 0.717) is 12.2 Å². The van der Waals surface area contributed by atoms with Crippen molar-refractivity contribution in [1.82, 2.24) is 15.2 Å². The molecule has 0 saturated heterocycles. The number of nitrogens with zero attached hydrogens (tertiary/aromatic N) is 2. The normalized spacial score (nSPS) is 10.7. The van der Waals surface area contributed by atoms with Crippen LogP contribution in [0.15, 0.2) is 47.5 Å². The van der Waals surface area contributed by atoms with Crippen molar-refractivity contribution in [2.24, 2.45) is 0 Å². The van der Waals surface area contributed by atoms with Crippen molar-refractivity contribution in [2.45, 2.75) is 6.54 Å². The average molecular weight is 287 g/mol. The summed E-state index contributed by atoms with van der Waals surface area (Å²) in [6.07, 6.45) is 3.25. The number of rotatable bonds is 3. The molecule has 0 atom stereocenters. The van der Waals surface area contributed by atoms with E-state index in [1.165, 1.54) is 6.20 Å². The van der Waals surface area contributed by atoms with Gasteiger partial charge in [-0.25, -0.2) is 5.10 Å². The van der Waals surface area contributed by atoms with E-state index in [1.807, 2.05) is 30.3 Å². The molecule has 0 amide bonds. The summed E-state index contributed by atoms with van der Waals surface area (Å²) >= 11 is 5.92. The molecule has 6 heteroatoms. The number of fused-ring (bicyclic) bond motifs is 1. The van der Waals surface area contributed by atoms with Crippen LogP contribution in [0.25, 0.3) is 10.9 Å². The molecule has 1 aromatic carbocycles. The Morgan fingerprint density at radius 1 is 1.25 bits per heavy atom. The van der Waals surface area contributed by atoms with E-state index in [0.717, 1.165) is 16.5 Å². The Morgan fingerprint density at radius 3 is 3.00 bits per heavy atom. The molecule has 0 aliphatic heterocycles. The monoisotopic (exact) mass is 286 g/mol. The third kappa shape index (κ3) is 2.35. The van der Waals surface area contributed by atoms with Crippen LogP contribution in [0.3, 0.4) is 0 Å². The van der Waals surface area contributed by atoms with Crippen LogP contribution in [-0.4, -0.2) is 15.2 Å². The Labute approximate surface area is 119 Å². The molecular weight excluding hydrogens is 276 g/mol. The van der Waals surface area contributed by atoms with Gasteiger partial charge in [-0.15, -0.1) is 0 Å². The number of aromatic amines is 1. The summed E-state index contributed by atoms with van der Waals surface area (Å²) in [4.78, 5) is 15.7. The maximum absolute atomic E-state index is 11.4. The van der Waals surface area contributed by atoms with Gasteiger partial charge in [0.1, 0.15) is 5.02 Å². The fraction of sp³-hybridized carbons (Fsp3) is 0.0714. The summed E-state index contributed by atoms with van der Waals surface area (Å²) in [5.74, 6) is 0. The molecule has 5 nitrogen and oxygen atoms in total. The lowest BCUT2D eigenvalue weighted by atomic mass is 10.1. The van der Waals surface area contributed by atoms with Crippen molar-refractivity contribution >= 4 is 28.2 Å². The van der Waals surface area contributed by atoms with Gasteiger partial charge in [0, 0.05) is 18.1 Å². The molecule has 0 radical (unpaired) electrons.